The minimum Gasteiger partial charge on any atom is -0.456 e. The van der Waals surface area contributed by atoms with Crippen molar-refractivity contribution in [2.24, 2.45) is 0 Å². The molecule has 0 aliphatic heterocycles. The monoisotopic (exact) mass is 411 g/mol. The third-order valence-electron chi connectivity index (χ3n) is 6.13. The second-order valence-corrected chi connectivity index (χ2v) is 8.05. The van der Waals surface area contributed by atoms with E-state index in [9.17, 15) is 0 Å². The number of furan rings is 2. The molecule has 0 aliphatic rings. The van der Waals surface area contributed by atoms with Gasteiger partial charge >= 0.3 is 0 Å². The van der Waals surface area contributed by atoms with Gasteiger partial charge in [-0.05, 0) is 59.7 Å². The largest absolute Gasteiger partial charge is 0.456 e. The zero-order valence-electron chi connectivity index (χ0n) is 17.1. The van der Waals surface area contributed by atoms with Crippen LogP contribution >= 0.6 is 0 Å². The number of benzene rings is 4. The van der Waals surface area contributed by atoms with Crippen molar-refractivity contribution in [3.63, 3.8) is 0 Å². The van der Waals surface area contributed by atoms with Crippen LogP contribution in [0.1, 0.15) is 0 Å². The van der Waals surface area contributed by atoms with Crippen molar-refractivity contribution in [3.05, 3.63) is 103 Å². The fraction of sp³-hybridized carbons (Fsp3) is 0. The number of pyridine rings is 1. The number of para-hydroxylation sites is 1. The summed E-state index contributed by atoms with van der Waals surface area (Å²) in [6, 6.07) is 33.1. The first-order valence-corrected chi connectivity index (χ1v) is 10.6. The highest BCUT2D eigenvalue weighted by Crippen LogP contribution is 2.38. The van der Waals surface area contributed by atoms with Gasteiger partial charge in [-0.1, -0.05) is 48.5 Å². The van der Waals surface area contributed by atoms with Crippen molar-refractivity contribution in [3.8, 4) is 22.4 Å². The van der Waals surface area contributed by atoms with Crippen molar-refractivity contribution < 1.29 is 8.83 Å². The fourth-order valence-electron chi connectivity index (χ4n) is 4.57. The molecule has 4 aromatic carbocycles. The van der Waals surface area contributed by atoms with Crippen LogP contribution in [0.4, 0.5) is 0 Å². The van der Waals surface area contributed by atoms with Gasteiger partial charge in [-0.15, -0.1) is 0 Å². The molecule has 3 aromatic heterocycles. The summed E-state index contributed by atoms with van der Waals surface area (Å²) in [7, 11) is 0. The van der Waals surface area contributed by atoms with Crippen LogP contribution < -0.4 is 0 Å². The Morgan fingerprint density at radius 2 is 1.12 bits per heavy atom. The first-order chi connectivity index (χ1) is 15.8. The van der Waals surface area contributed by atoms with Crippen LogP contribution in [0.5, 0.6) is 0 Å². The quantitative estimate of drug-likeness (QED) is 0.288. The van der Waals surface area contributed by atoms with Crippen LogP contribution in [0.25, 0.3) is 66.3 Å². The van der Waals surface area contributed by atoms with E-state index in [-0.39, 0.29) is 0 Å². The van der Waals surface area contributed by atoms with Gasteiger partial charge in [-0.3, -0.25) is 4.98 Å². The Labute approximate surface area is 183 Å². The van der Waals surface area contributed by atoms with Gasteiger partial charge in [0.25, 0.3) is 0 Å². The van der Waals surface area contributed by atoms with Crippen LogP contribution in [0.15, 0.2) is 112 Å². The lowest BCUT2D eigenvalue weighted by molar-refractivity contribution is 0.664. The highest BCUT2D eigenvalue weighted by molar-refractivity contribution is 6.15. The summed E-state index contributed by atoms with van der Waals surface area (Å²) < 4.78 is 12.3. The highest BCUT2D eigenvalue weighted by Gasteiger charge is 2.14. The molecule has 3 heteroatoms. The van der Waals surface area contributed by atoms with E-state index >= 15 is 0 Å². The van der Waals surface area contributed by atoms with Crippen LogP contribution in [0.2, 0.25) is 0 Å². The minimum atomic E-state index is 0.874. The molecule has 0 N–H and O–H groups in total. The second-order valence-electron chi connectivity index (χ2n) is 8.05. The van der Waals surface area contributed by atoms with Gasteiger partial charge in [0.15, 0.2) is 0 Å². The van der Waals surface area contributed by atoms with Gasteiger partial charge < -0.3 is 8.83 Å². The van der Waals surface area contributed by atoms with E-state index in [4.69, 9.17) is 8.83 Å². The summed E-state index contributed by atoms with van der Waals surface area (Å²) in [5.74, 6) is 0. The number of fused-ring (bicyclic) bond motifs is 6. The molecule has 150 valence electrons. The standard InChI is InChI=1S/C29H17NO2/c1-2-10-26-21(8-1)23-16-29-24(17-28(23)31-26)22-15-19(11-12-27(22)32-29)18-6-5-7-20(14-18)25-9-3-4-13-30-25/h1-17H. The predicted octanol–water partition coefficient (Wildman–Crippen LogP) is 8.21. The maximum Gasteiger partial charge on any atom is 0.136 e. The van der Waals surface area contributed by atoms with E-state index in [1.807, 2.05) is 42.6 Å². The van der Waals surface area contributed by atoms with E-state index in [2.05, 4.69) is 65.6 Å². The third kappa shape index (κ3) is 2.58. The summed E-state index contributed by atoms with van der Waals surface area (Å²) in [6.07, 6.45) is 1.82. The van der Waals surface area contributed by atoms with Gasteiger partial charge in [-0.2, -0.15) is 0 Å². The van der Waals surface area contributed by atoms with Gasteiger partial charge in [0.1, 0.15) is 22.3 Å². The number of hydrogen-bond donors (Lipinski definition) is 0. The van der Waals surface area contributed by atoms with Crippen molar-refractivity contribution >= 4 is 43.9 Å². The molecule has 7 aromatic rings. The van der Waals surface area contributed by atoms with E-state index in [1.54, 1.807) is 0 Å². The van der Waals surface area contributed by atoms with Crippen LogP contribution in [-0.2, 0) is 0 Å². The molecule has 0 saturated heterocycles. The van der Waals surface area contributed by atoms with Crippen molar-refractivity contribution in [2.45, 2.75) is 0 Å². The Balaban J connectivity index is 1.42. The predicted molar refractivity (Wildman–Crippen MR) is 130 cm³/mol. The first-order valence-electron chi connectivity index (χ1n) is 10.6. The van der Waals surface area contributed by atoms with E-state index in [1.165, 1.54) is 0 Å². The normalized spacial score (nSPS) is 11.8. The first kappa shape index (κ1) is 17.3. The molecule has 0 aliphatic carbocycles. The third-order valence-corrected chi connectivity index (χ3v) is 6.13. The average Bonchev–Trinajstić information content (AvgIpc) is 3.40. The van der Waals surface area contributed by atoms with Crippen molar-refractivity contribution in [1.29, 1.82) is 0 Å². The summed E-state index contributed by atoms with van der Waals surface area (Å²) in [4.78, 5) is 4.49. The maximum atomic E-state index is 6.21. The lowest BCUT2D eigenvalue weighted by Crippen LogP contribution is -1.84. The topological polar surface area (TPSA) is 39.2 Å². The molecule has 3 nitrogen and oxygen atoms in total. The van der Waals surface area contributed by atoms with E-state index in [0.717, 1.165) is 66.3 Å². The highest BCUT2D eigenvalue weighted by atomic mass is 16.3. The van der Waals surface area contributed by atoms with Crippen LogP contribution in [-0.4, -0.2) is 4.98 Å². The molecule has 0 bridgehead atoms. The molecule has 0 spiro atoms. The van der Waals surface area contributed by atoms with Crippen molar-refractivity contribution in [2.75, 3.05) is 0 Å². The molecule has 7 rings (SSSR count). The molecule has 0 atom stereocenters. The lowest BCUT2D eigenvalue weighted by Gasteiger charge is -2.06. The SMILES string of the molecule is c1ccc(-c2cccc(-c3ccc4oc5cc6c(cc5c4c3)oc3ccccc36)c2)nc1. The Bertz CT molecular complexity index is 1770. The van der Waals surface area contributed by atoms with Gasteiger partial charge in [0, 0.05) is 33.3 Å². The summed E-state index contributed by atoms with van der Waals surface area (Å²) >= 11 is 0. The second kappa shape index (κ2) is 6.56. The summed E-state index contributed by atoms with van der Waals surface area (Å²) in [5.41, 5.74) is 7.88. The maximum absolute atomic E-state index is 6.21. The molecule has 0 amide bonds. The molecule has 32 heavy (non-hydrogen) atoms. The molecular weight excluding hydrogens is 394 g/mol. The van der Waals surface area contributed by atoms with Crippen LogP contribution in [0.3, 0.4) is 0 Å². The summed E-state index contributed by atoms with van der Waals surface area (Å²) in [5, 5.41) is 4.34. The Morgan fingerprint density at radius 3 is 1.97 bits per heavy atom. The fourth-order valence-corrected chi connectivity index (χ4v) is 4.57. The van der Waals surface area contributed by atoms with Crippen molar-refractivity contribution in [1.82, 2.24) is 4.98 Å². The lowest BCUT2D eigenvalue weighted by atomic mass is 9.99. The number of nitrogens with zero attached hydrogens (tertiary/aromatic N) is 1. The Kier molecular flexibility index (Phi) is 3.55. The van der Waals surface area contributed by atoms with E-state index < -0.39 is 0 Å². The van der Waals surface area contributed by atoms with Gasteiger partial charge in [-0.25, -0.2) is 0 Å². The van der Waals surface area contributed by atoms with Crippen LogP contribution in [0, 0.1) is 0 Å². The zero-order chi connectivity index (χ0) is 21.1. The molecule has 0 unspecified atom stereocenters. The minimum absolute atomic E-state index is 0.874. The Hall–Kier alpha value is -4.37. The number of aromatic nitrogens is 1. The smallest absolute Gasteiger partial charge is 0.136 e. The molecule has 0 radical (unpaired) electrons. The van der Waals surface area contributed by atoms with E-state index in [0.29, 0.717) is 0 Å². The molecule has 3 heterocycles. The van der Waals surface area contributed by atoms with Gasteiger partial charge in [0.05, 0.1) is 5.69 Å². The molecular formula is C29H17NO2. The number of rotatable bonds is 2. The van der Waals surface area contributed by atoms with Gasteiger partial charge in [0.2, 0.25) is 0 Å². The molecule has 0 fully saturated rings. The Morgan fingerprint density at radius 1 is 0.438 bits per heavy atom. The zero-order valence-corrected chi connectivity index (χ0v) is 17.1. The summed E-state index contributed by atoms with van der Waals surface area (Å²) in [6.45, 7) is 0. The number of hydrogen-bond acceptors (Lipinski definition) is 3. The average molecular weight is 411 g/mol. The molecule has 0 saturated carbocycles.